The van der Waals surface area contributed by atoms with Gasteiger partial charge in [0.25, 0.3) is 0 Å². The molecule has 16 heavy (non-hydrogen) atoms. The van der Waals surface area contributed by atoms with E-state index in [1.807, 2.05) is 7.05 Å². The van der Waals surface area contributed by atoms with Crippen LogP contribution in [0.3, 0.4) is 0 Å². The molecule has 2 rings (SSSR count). The molecule has 0 spiro atoms. The quantitative estimate of drug-likeness (QED) is 0.819. The summed E-state index contributed by atoms with van der Waals surface area (Å²) < 4.78 is 5.54. The minimum atomic E-state index is 0.629. The summed E-state index contributed by atoms with van der Waals surface area (Å²) >= 11 is 0. The molecule has 1 fully saturated rings. The smallest absolute Gasteiger partial charge is 0.145 e. The summed E-state index contributed by atoms with van der Waals surface area (Å²) in [4.78, 5) is 0. The Morgan fingerprint density at radius 1 is 1.31 bits per heavy atom. The first-order valence-electron chi connectivity index (χ1n) is 5.92. The molecule has 0 atom stereocenters. The van der Waals surface area contributed by atoms with E-state index in [-0.39, 0.29) is 0 Å². The van der Waals surface area contributed by atoms with Gasteiger partial charge in [-0.15, -0.1) is 0 Å². The predicted molar refractivity (Wildman–Crippen MR) is 67.4 cm³/mol. The highest BCUT2D eigenvalue weighted by Crippen LogP contribution is 2.37. The molecule has 0 radical (unpaired) electrons. The molecular weight excluding hydrogens is 200 g/mol. The maximum atomic E-state index is 5.54. The van der Waals surface area contributed by atoms with Crippen molar-refractivity contribution < 1.29 is 4.74 Å². The second-order valence-corrected chi connectivity index (χ2v) is 4.20. The molecule has 1 heterocycles. The standard InChI is InChI=1S/C13H20N2O/c1-14-12-5-3-4-11(13(12)16-2)10-6-8-15-9-7-10/h3-5,10,14-15H,6-9H2,1-2H3. The summed E-state index contributed by atoms with van der Waals surface area (Å²) in [6, 6.07) is 6.35. The number of anilines is 1. The molecule has 2 N–H and O–H groups in total. The highest BCUT2D eigenvalue weighted by Gasteiger charge is 2.20. The van der Waals surface area contributed by atoms with Gasteiger partial charge in [0.1, 0.15) is 5.75 Å². The third kappa shape index (κ3) is 2.14. The Morgan fingerprint density at radius 3 is 2.69 bits per heavy atom. The van der Waals surface area contributed by atoms with Crippen molar-refractivity contribution in [2.24, 2.45) is 0 Å². The molecule has 1 aliphatic rings. The van der Waals surface area contributed by atoms with E-state index in [2.05, 4.69) is 28.8 Å². The van der Waals surface area contributed by atoms with Gasteiger partial charge in [-0.1, -0.05) is 12.1 Å². The molecule has 3 heteroatoms. The third-order valence-electron chi connectivity index (χ3n) is 3.30. The highest BCUT2D eigenvalue weighted by atomic mass is 16.5. The summed E-state index contributed by atoms with van der Waals surface area (Å²) in [5, 5.41) is 6.58. The van der Waals surface area contributed by atoms with Crippen molar-refractivity contribution in [2.75, 3.05) is 32.6 Å². The summed E-state index contributed by atoms with van der Waals surface area (Å²) in [5.74, 6) is 1.64. The zero-order valence-electron chi connectivity index (χ0n) is 10.0. The highest BCUT2D eigenvalue weighted by molar-refractivity contribution is 5.60. The maximum Gasteiger partial charge on any atom is 0.145 e. The largest absolute Gasteiger partial charge is 0.494 e. The minimum Gasteiger partial charge on any atom is -0.494 e. The fourth-order valence-electron chi connectivity index (χ4n) is 2.43. The van der Waals surface area contributed by atoms with Gasteiger partial charge in [0.05, 0.1) is 12.8 Å². The Labute approximate surface area is 97.2 Å². The first kappa shape index (κ1) is 11.3. The van der Waals surface area contributed by atoms with E-state index in [1.165, 1.54) is 18.4 Å². The lowest BCUT2D eigenvalue weighted by atomic mass is 9.89. The molecule has 3 nitrogen and oxygen atoms in total. The molecule has 0 bridgehead atoms. The number of ether oxygens (including phenoxy) is 1. The Kier molecular flexibility index (Phi) is 3.67. The van der Waals surface area contributed by atoms with Crippen LogP contribution in [-0.2, 0) is 0 Å². The van der Waals surface area contributed by atoms with Crippen molar-refractivity contribution in [3.63, 3.8) is 0 Å². The molecule has 1 saturated heterocycles. The first-order chi connectivity index (χ1) is 7.86. The van der Waals surface area contributed by atoms with Gasteiger partial charge in [0, 0.05) is 7.05 Å². The molecule has 0 amide bonds. The van der Waals surface area contributed by atoms with Crippen molar-refractivity contribution in [3.8, 4) is 5.75 Å². The SMILES string of the molecule is CNc1cccc(C2CCNCC2)c1OC. The van der Waals surface area contributed by atoms with E-state index >= 15 is 0 Å². The topological polar surface area (TPSA) is 33.3 Å². The van der Waals surface area contributed by atoms with Gasteiger partial charge in [-0.25, -0.2) is 0 Å². The molecule has 1 aromatic rings. The average Bonchev–Trinajstić information content (AvgIpc) is 2.38. The van der Waals surface area contributed by atoms with Crippen molar-refractivity contribution >= 4 is 5.69 Å². The van der Waals surface area contributed by atoms with E-state index < -0.39 is 0 Å². The lowest BCUT2D eigenvalue weighted by molar-refractivity contribution is 0.393. The Balaban J connectivity index is 2.30. The molecular formula is C13H20N2O. The first-order valence-corrected chi connectivity index (χ1v) is 5.92. The zero-order chi connectivity index (χ0) is 11.4. The van der Waals surface area contributed by atoms with E-state index in [0.29, 0.717) is 5.92 Å². The van der Waals surface area contributed by atoms with Crippen LogP contribution in [0.4, 0.5) is 5.69 Å². The average molecular weight is 220 g/mol. The number of hydrogen-bond acceptors (Lipinski definition) is 3. The van der Waals surface area contributed by atoms with E-state index in [4.69, 9.17) is 4.74 Å². The number of para-hydroxylation sites is 1. The monoisotopic (exact) mass is 220 g/mol. The van der Waals surface area contributed by atoms with Crippen LogP contribution >= 0.6 is 0 Å². The predicted octanol–water partition coefficient (Wildman–Crippen LogP) is 2.20. The van der Waals surface area contributed by atoms with Gasteiger partial charge in [0.15, 0.2) is 0 Å². The van der Waals surface area contributed by atoms with Crippen molar-refractivity contribution in [1.82, 2.24) is 5.32 Å². The fraction of sp³-hybridized carbons (Fsp3) is 0.538. The molecule has 88 valence electrons. The second-order valence-electron chi connectivity index (χ2n) is 4.20. The molecule has 0 aliphatic carbocycles. The van der Waals surface area contributed by atoms with Crippen LogP contribution in [0.15, 0.2) is 18.2 Å². The van der Waals surface area contributed by atoms with Crippen LogP contribution in [0, 0.1) is 0 Å². The van der Waals surface area contributed by atoms with Crippen molar-refractivity contribution in [2.45, 2.75) is 18.8 Å². The van der Waals surface area contributed by atoms with Crippen molar-refractivity contribution in [3.05, 3.63) is 23.8 Å². The maximum absolute atomic E-state index is 5.54. The summed E-state index contributed by atoms with van der Waals surface area (Å²) in [7, 11) is 3.69. The normalized spacial score (nSPS) is 17.1. The van der Waals surface area contributed by atoms with E-state index in [1.54, 1.807) is 7.11 Å². The van der Waals surface area contributed by atoms with Gasteiger partial charge in [-0.05, 0) is 43.5 Å². The summed E-state index contributed by atoms with van der Waals surface area (Å²) in [5.41, 5.74) is 2.43. The molecule has 0 unspecified atom stereocenters. The number of benzene rings is 1. The molecule has 1 aliphatic heterocycles. The summed E-state index contributed by atoms with van der Waals surface area (Å²) in [6.07, 6.45) is 2.40. The van der Waals surface area contributed by atoms with Crippen LogP contribution < -0.4 is 15.4 Å². The van der Waals surface area contributed by atoms with Gasteiger partial charge in [-0.2, -0.15) is 0 Å². The Morgan fingerprint density at radius 2 is 2.06 bits per heavy atom. The minimum absolute atomic E-state index is 0.629. The Bertz CT molecular complexity index is 346. The van der Waals surface area contributed by atoms with Crippen LogP contribution in [0.5, 0.6) is 5.75 Å². The Hall–Kier alpha value is -1.22. The van der Waals surface area contributed by atoms with Crippen LogP contribution in [-0.4, -0.2) is 27.2 Å². The fourth-order valence-corrected chi connectivity index (χ4v) is 2.43. The van der Waals surface area contributed by atoms with Gasteiger partial charge in [0.2, 0.25) is 0 Å². The number of piperidine rings is 1. The van der Waals surface area contributed by atoms with Crippen LogP contribution in [0.25, 0.3) is 0 Å². The van der Waals surface area contributed by atoms with E-state index in [0.717, 1.165) is 24.5 Å². The van der Waals surface area contributed by atoms with Gasteiger partial charge >= 0.3 is 0 Å². The number of nitrogens with one attached hydrogen (secondary N) is 2. The number of rotatable bonds is 3. The van der Waals surface area contributed by atoms with Crippen LogP contribution in [0.1, 0.15) is 24.3 Å². The van der Waals surface area contributed by atoms with Crippen LogP contribution in [0.2, 0.25) is 0 Å². The van der Waals surface area contributed by atoms with E-state index in [9.17, 15) is 0 Å². The number of methoxy groups -OCH3 is 1. The molecule has 1 aromatic carbocycles. The third-order valence-corrected chi connectivity index (χ3v) is 3.30. The van der Waals surface area contributed by atoms with Gasteiger partial charge in [-0.3, -0.25) is 0 Å². The second kappa shape index (κ2) is 5.21. The molecule has 0 saturated carbocycles. The van der Waals surface area contributed by atoms with Crippen molar-refractivity contribution in [1.29, 1.82) is 0 Å². The number of hydrogen-bond donors (Lipinski definition) is 2. The summed E-state index contributed by atoms with van der Waals surface area (Å²) in [6.45, 7) is 2.22. The molecule has 0 aromatic heterocycles. The lowest BCUT2D eigenvalue weighted by Crippen LogP contribution is -2.26. The lowest BCUT2D eigenvalue weighted by Gasteiger charge is -2.25. The van der Waals surface area contributed by atoms with Gasteiger partial charge < -0.3 is 15.4 Å². The zero-order valence-corrected chi connectivity index (χ0v) is 10.0.